The third kappa shape index (κ3) is 5.17. The molecule has 0 spiro atoms. The summed E-state index contributed by atoms with van der Waals surface area (Å²) in [6, 6.07) is 11.3. The summed E-state index contributed by atoms with van der Waals surface area (Å²) in [4.78, 5) is 30.1. The maximum absolute atomic E-state index is 13.2. The van der Waals surface area contributed by atoms with E-state index >= 15 is 0 Å². The Hall–Kier alpha value is -2.80. The van der Waals surface area contributed by atoms with Gasteiger partial charge in [0.15, 0.2) is 0 Å². The molecule has 1 aliphatic heterocycles. The van der Waals surface area contributed by atoms with E-state index in [0.29, 0.717) is 26.2 Å². The average molecular weight is 414 g/mol. The number of ether oxygens (including phenoxy) is 1. The van der Waals surface area contributed by atoms with Crippen molar-refractivity contribution in [1.29, 1.82) is 0 Å². The summed E-state index contributed by atoms with van der Waals surface area (Å²) >= 11 is 1.72. The molecular weight excluding hydrogens is 386 g/mol. The van der Waals surface area contributed by atoms with Gasteiger partial charge in [-0.05, 0) is 42.5 Å². The van der Waals surface area contributed by atoms with Crippen LogP contribution in [0.2, 0.25) is 0 Å². The highest BCUT2D eigenvalue weighted by Gasteiger charge is 2.33. The van der Waals surface area contributed by atoms with E-state index < -0.39 is 0 Å². The zero-order valence-electron chi connectivity index (χ0n) is 16.7. The van der Waals surface area contributed by atoms with Gasteiger partial charge in [-0.3, -0.25) is 4.79 Å². The van der Waals surface area contributed by atoms with Crippen LogP contribution < -0.4 is 10.1 Å². The number of fused-ring (bicyclic) bond motifs is 1. The molecule has 1 aliphatic rings. The number of urea groups is 1. The van der Waals surface area contributed by atoms with Gasteiger partial charge in [0.25, 0.3) is 0 Å². The molecule has 1 aromatic heterocycles. The molecule has 7 heteroatoms. The van der Waals surface area contributed by atoms with Gasteiger partial charge in [0.2, 0.25) is 5.91 Å². The number of para-hydroxylation sites is 1. The third-order valence-corrected chi connectivity index (χ3v) is 5.85. The molecular formula is C22H27N3O3S. The van der Waals surface area contributed by atoms with Gasteiger partial charge in [-0.1, -0.05) is 24.3 Å². The van der Waals surface area contributed by atoms with Crippen LogP contribution in [-0.2, 0) is 11.2 Å². The second kappa shape index (κ2) is 10.1. The van der Waals surface area contributed by atoms with Crippen molar-refractivity contribution in [3.8, 4) is 5.75 Å². The lowest BCUT2D eigenvalue weighted by Gasteiger charge is -2.37. The van der Waals surface area contributed by atoms with Crippen LogP contribution in [0.25, 0.3) is 0 Å². The summed E-state index contributed by atoms with van der Waals surface area (Å²) in [5.41, 5.74) is 1.14. The summed E-state index contributed by atoms with van der Waals surface area (Å²) in [5.74, 6) is 0.689. The number of benzene rings is 1. The minimum absolute atomic E-state index is 0.0131. The van der Waals surface area contributed by atoms with Crippen LogP contribution in [0.1, 0.15) is 23.4 Å². The minimum Gasteiger partial charge on any atom is -0.491 e. The zero-order valence-corrected chi connectivity index (χ0v) is 17.5. The van der Waals surface area contributed by atoms with Crippen LogP contribution in [0.5, 0.6) is 5.75 Å². The van der Waals surface area contributed by atoms with E-state index in [-0.39, 0.29) is 24.5 Å². The van der Waals surface area contributed by atoms with E-state index in [1.54, 1.807) is 17.4 Å². The molecule has 29 heavy (non-hydrogen) atoms. The SMILES string of the molecule is C=CCN(CC(=O)N1CCc2sccc2C1COc1ccccc1)C(=O)NCC. The maximum Gasteiger partial charge on any atom is 0.318 e. The summed E-state index contributed by atoms with van der Waals surface area (Å²) in [6.45, 7) is 7.39. The van der Waals surface area contributed by atoms with Crippen LogP contribution in [0.15, 0.2) is 54.4 Å². The Morgan fingerprint density at radius 3 is 2.86 bits per heavy atom. The van der Waals surface area contributed by atoms with Crippen LogP contribution in [0, 0.1) is 0 Å². The highest BCUT2D eigenvalue weighted by atomic mass is 32.1. The second-order valence-corrected chi connectivity index (χ2v) is 7.78. The molecule has 0 saturated carbocycles. The summed E-state index contributed by atoms with van der Waals surface area (Å²) < 4.78 is 5.99. The molecule has 2 aromatic rings. The van der Waals surface area contributed by atoms with Crippen molar-refractivity contribution in [3.63, 3.8) is 0 Å². The topological polar surface area (TPSA) is 61.9 Å². The van der Waals surface area contributed by atoms with Gasteiger partial charge in [-0.15, -0.1) is 17.9 Å². The number of thiophene rings is 1. The zero-order chi connectivity index (χ0) is 20.6. The number of nitrogens with zero attached hydrogens (tertiary/aromatic N) is 2. The third-order valence-electron chi connectivity index (χ3n) is 4.86. The first-order chi connectivity index (χ1) is 14.1. The number of rotatable bonds is 8. The Bertz CT molecular complexity index is 837. The first-order valence-electron chi connectivity index (χ1n) is 9.81. The highest BCUT2D eigenvalue weighted by Crippen LogP contribution is 2.34. The quantitative estimate of drug-likeness (QED) is 0.674. The molecule has 3 amide bonds. The number of amides is 3. The molecule has 0 bridgehead atoms. The van der Waals surface area contributed by atoms with Gasteiger partial charge in [-0.2, -0.15) is 0 Å². The van der Waals surface area contributed by atoms with E-state index in [4.69, 9.17) is 4.74 Å². The van der Waals surface area contributed by atoms with E-state index in [1.807, 2.05) is 42.2 Å². The molecule has 1 atom stereocenters. The van der Waals surface area contributed by atoms with E-state index in [1.165, 1.54) is 9.78 Å². The van der Waals surface area contributed by atoms with Crippen molar-refractivity contribution >= 4 is 23.3 Å². The second-order valence-electron chi connectivity index (χ2n) is 6.78. The molecule has 154 valence electrons. The van der Waals surface area contributed by atoms with Crippen LogP contribution in [0.4, 0.5) is 4.79 Å². The van der Waals surface area contributed by atoms with Crippen molar-refractivity contribution in [2.75, 3.05) is 32.8 Å². The molecule has 1 unspecified atom stereocenters. The van der Waals surface area contributed by atoms with Crippen molar-refractivity contribution in [1.82, 2.24) is 15.1 Å². The molecule has 3 rings (SSSR count). The lowest BCUT2D eigenvalue weighted by molar-refractivity contribution is -0.135. The smallest absolute Gasteiger partial charge is 0.318 e. The molecule has 1 N–H and O–H groups in total. The number of hydrogen-bond donors (Lipinski definition) is 1. The number of carbonyl (C=O) groups excluding carboxylic acids is 2. The molecule has 2 heterocycles. The molecule has 1 aromatic carbocycles. The molecule has 6 nitrogen and oxygen atoms in total. The lowest BCUT2D eigenvalue weighted by Crippen LogP contribution is -2.49. The minimum atomic E-state index is -0.258. The Morgan fingerprint density at radius 1 is 1.34 bits per heavy atom. The van der Waals surface area contributed by atoms with Gasteiger partial charge in [-0.25, -0.2) is 4.79 Å². The van der Waals surface area contributed by atoms with Crippen molar-refractivity contribution < 1.29 is 14.3 Å². The molecule has 0 saturated heterocycles. The van der Waals surface area contributed by atoms with Crippen molar-refractivity contribution in [2.24, 2.45) is 0 Å². The largest absolute Gasteiger partial charge is 0.491 e. The summed E-state index contributed by atoms with van der Waals surface area (Å²) in [6.07, 6.45) is 2.45. The fourth-order valence-corrected chi connectivity index (χ4v) is 4.39. The predicted molar refractivity (Wildman–Crippen MR) is 115 cm³/mol. The van der Waals surface area contributed by atoms with Crippen molar-refractivity contribution in [3.05, 3.63) is 64.9 Å². The van der Waals surface area contributed by atoms with Crippen LogP contribution >= 0.6 is 11.3 Å². The fourth-order valence-electron chi connectivity index (χ4n) is 3.46. The number of hydrogen-bond acceptors (Lipinski definition) is 4. The predicted octanol–water partition coefficient (Wildman–Crippen LogP) is 3.47. The number of carbonyl (C=O) groups is 2. The average Bonchev–Trinajstić information content (AvgIpc) is 3.21. The fraction of sp³-hybridized carbons (Fsp3) is 0.364. The van der Waals surface area contributed by atoms with E-state index in [0.717, 1.165) is 17.7 Å². The molecule has 0 radical (unpaired) electrons. The highest BCUT2D eigenvalue weighted by molar-refractivity contribution is 7.10. The van der Waals surface area contributed by atoms with Gasteiger partial charge < -0.3 is 19.9 Å². The van der Waals surface area contributed by atoms with E-state index in [2.05, 4.69) is 23.3 Å². The normalized spacial score (nSPS) is 15.3. The van der Waals surface area contributed by atoms with Gasteiger partial charge in [0.1, 0.15) is 18.9 Å². The van der Waals surface area contributed by atoms with Gasteiger partial charge >= 0.3 is 6.03 Å². The standard InChI is InChI=1S/C22H27N3O3S/c1-3-12-24(22(27)23-4-2)15-21(26)25-13-10-20-18(11-14-29-20)19(25)16-28-17-8-6-5-7-9-17/h3,5-9,11,14,19H,1,4,10,12-13,15-16H2,2H3,(H,23,27). The van der Waals surface area contributed by atoms with Crippen LogP contribution in [-0.4, -0.2) is 54.5 Å². The maximum atomic E-state index is 13.2. The van der Waals surface area contributed by atoms with Crippen molar-refractivity contribution in [2.45, 2.75) is 19.4 Å². The Labute approximate surface area is 175 Å². The van der Waals surface area contributed by atoms with Gasteiger partial charge in [0, 0.05) is 24.5 Å². The Balaban J connectivity index is 1.75. The lowest BCUT2D eigenvalue weighted by atomic mass is 10.0. The van der Waals surface area contributed by atoms with Gasteiger partial charge in [0.05, 0.1) is 6.04 Å². The Kier molecular flexibility index (Phi) is 7.30. The van der Waals surface area contributed by atoms with Crippen LogP contribution in [0.3, 0.4) is 0 Å². The molecule has 0 fully saturated rings. The first kappa shape index (κ1) is 20.9. The number of nitrogens with one attached hydrogen (secondary N) is 1. The summed E-state index contributed by atoms with van der Waals surface area (Å²) in [5, 5.41) is 4.82. The monoisotopic (exact) mass is 413 g/mol. The molecule has 0 aliphatic carbocycles. The van der Waals surface area contributed by atoms with E-state index in [9.17, 15) is 9.59 Å². The first-order valence-corrected chi connectivity index (χ1v) is 10.7. The Morgan fingerprint density at radius 2 is 2.14 bits per heavy atom. The summed E-state index contributed by atoms with van der Waals surface area (Å²) in [7, 11) is 0.